The van der Waals surface area contributed by atoms with Crippen LogP contribution in [0.3, 0.4) is 0 Å². The van der Waals surface area contributed by atoms with Crippen molar-refractivity contribution >= 4 is 5.91 Å². The molecule has 1 amide bonds. The summed E-state index contributed by atoms with van der Waals surface area (Å²) in [6.45, 7) is 6.22. The standard InChI is InChI=1S/C17H23NO2/c1-3-12-17(2,20)15-11-7-8-13-18(15)16(19)14-9-5-4-6-10-14/h3-6,9-10,15,20H,1,7-8,11-13H2,2H3/t15-,17+/m1/s1. The lowest BCUT2D eigenvalue weighted by Gasteiger charge is -2.43. The topological polar surface area (TPSA) is 40.5 Å². The minimum atomic E-state index is -0.910. The lowest BCUT2D eigenvalue weighted by atomic mass is 9.85. The van der Waals surface area contributed by atoms with Crippen LogP contribution in [0.4, 0.5) is 0 Å². The normalized spacial score (nSPS) is 22.1. The minimum absolute atomic E-state index is 0.0136. The zero-order valence-electron chi connectivity index (χ0n) is 12.1. The molecule has 1 saturated heterocycles. The molecule has 0 unspecified atom stereocenters. The maximum atomic E-state index is 12.7. The van der Waals surface area contributed by atoms with E-state index in [0.717, 1.165) is 19.3 Å². The Morgan fingerprint density at radius 1 is 1.45 bits per heavy atom. The minimum Gasteiger partial charge on any atom is -0.388 e. The predicted molar refractivity (Wildman–Crippen MR) is 80.6 cm³/mol. The summed E-state index contributed by atoms with van der Waals surface area (Å²) >= 11 is 0. The number of benzene rings is 1. The highest BCUT2D eigenvalue weighted by molar-refractivity contribution is 5.94. The number of aliphatic hydroxyl groups is 1. The maximum absolute atomic E-state index is 12.7. The SMILES string of the molecule is C=CC[C@](C)(O)[C@H]1CCCCN1C(=O)c1ccccc1. The second-order valence-corrected chi connectivity index (χ2v) is 5.73. The molecule has 20 heavy (non-hydrogen) atoms. The van der Waals surface area contributed by atoms with Gasteiger partial charge in [-0.15, -0.1) is 6.58 Å². The number of carbonyl (C=O) groups excluding carboxylic acids is 1. The third kappa shape index (κ3) is 3.10. The van der Waals surface area contributed by atoms with E-state index < -0.39 is 5.60 Å². The molecule has 1 N–H and O–H groups in total. The van der Waals surface area contributed by atoms with E-state index in [4.69, 9.17) is 0 Å². The second-order valence-electron chi connectivity index (χ2n) is 5.73. The maximum Gasteiger partial charge on any atom is 0.254 e. The molecule has 0 bridgehead atoms. The molecule has 2 rings (SSSR count). The van der Waals surface area contributed by atoms with E-state index in [0.29, 0.717) is 18.5 Å². The molecule has 0 aliphatic carbocycles. The Labute approximate surface area is 120 Å². The van der Waals surface area contributed by atoms with Gasteiger partial charge in [-0.3, -0.25) is 4.79 Å². The molecule has 0 saturated carbocycles. The average Bonchev–Trinajstić information content (AvgIpc) is 2.47. The monoisotopic (exact) mass is 273 g/mol. The molecule has 1 aromatic rings. The van der Waals surface area contributed by atoms with Gasteiger partial charge in [0.15, 0.2) is 0 Å². The fourth-order valence-corrected chi connectivity index (χ4v) is 3.00. The Hall–Kier alpha value is -1.61. The Balaban J connectivity index is 2.23. The van der Waals surface area contributed by atoms with E-state index in [2.05, 4.69) is 6.58 Å². The summed E-state index contributed by atoms with van der Waals surface area (Å²) in [6, 6.07) is 9.16. The number of hydrogen-bond donors (Lipinski definition) is 1. The van der Waals surface area contributed by atoms with Crippen LogP contribution >= 0.6 is 0 Å². The smallest absolute Gasteiger partial charge is 0.254 e. The molecule has 2 atom stereocenters. The van der Waals surface area contributed by atoms with Crippen LogP contribution < -0.4 is 0 Å². The number of amides is 1. The van der Waals surface area contributed by atoms with E-state index in [-0.39, 0.29) is 11.9 Å². The molecule has 1 fully saturated rings. The van der Waals surface area contributed by atoms with Gasteiger partial charge in [0.05, 0.1) is 11.6 Å². The number of piperidine rings is 1. The Morgan fingerprint density at radius 2 is 2.15 bits per heavy atom. The van der Waals surface area contributed by atoms with Crippen LogP contribution in [-0.2, 0) is 0 Å². The van der Waals surface area contributed by atoms with Crippen molar-refractivity contribution in [2.45, 2.75) is 44.2 Å². The first-order chi connectivity index (χ1) is 9.56. The van der Waals surface area contributed by atoms with Crippen molar-refractivity contribution in [2.24, 2.45) is 0 Å². The van der Waals surface area contributed by atoms with Crippen molar-refractivity contribution in [3.63, 3.8) is 0 Å². The van der Waals surface area contributed by atoms with Gasteiger partial charge in [0, 0.05) is 12.1 Å². The molecule has 0 spiro atoms. The molecule has 108 valence electrons. The molecule has 3 nitrogen and oxygen atoms in total. The molecule has 0 aromatic heterocycles. The van der Waals surface area contributed by atoms with Gasteiger partial charge in [-0.05, 0) is 44.7 Å². The van der Waals surface area contributed by atoms with Crippen LogP contribution in [0.15, 0.2) is 43.0 Å². The third-order valence-corrected chi connectivity index (χ3v) is 4.06. The molecular formula is C17H23NO2. The molecule has 1 aliphatic rings. The summed E-state index contributed by atoms with van der Waals surface area (Å²) in [5.41, 5.74) is -0.221. The summed E-state index contributed by atoms with van der Waals surface area (Å²) in [5, 5.41) is 10.6. The third-order valence-electron chi connectivity index (χ3n) is 4.06. The summed E-state index contributed by atoms with van der Waals surface area (Å²) in [5.74, 6) is 0.0136. The summed E-state index contributed by atoms with van der Waals surface area (Å²) in [4.78, 5) is 14.5. The van der Waals surface area contributed by atoms with Gasteiger partial charge in [-0.2, -0.15) is 0 Å². The predicted octanol–water partition coefficient (Wildman–Crippen LogP) is 3.01. The molecule has 3 heteroatoms. The highest BCUT2D eigenvalue weighted by Crippen LogP contribution is 2.30. The zero-order valence-corrected chi connectivity index (χ0v) is 12.1. The van der Waals surface area contributed by atoms with E-state index in [1.54, 1.807) is 13.0 Å². The average molecular weight is 273 g/mol. The van der Waals surface area contributed by atoms with E-state index in [1.807, 2.05) is 35.2 Å². The Morgan fingerprint density at radius 3 is 2.80 bits per heavy atom. The molecular weight excluding hydrogens is 250 g/mol. The first-order valence-electron chi connectivity index (χ1n) is 7.25. The molecule has 1 aliphatic heterocycles. The molecule has 1 heterocycles. The van der Waals surface area contributed by atoms with Crippen molar-refractivity contribution in [2.75, 3.05) is 6.54 Å². The van der Waals surface area contributed by atoms with Crippen molar-refractivity contribution in [1.29, 1.82) is 0 Å². The number of hydrogen-bond acceptors (Lipinski definition) is 2. The van der Waals surface area contributed by atoms with Crippen molar-refractivity contribution in [3.8, 4) is 0 Å². The van der Waals surface area contributed by atoms with Crippen LogP contribution in [0.1, 0.15) is 43.0 Å². The Bertz CT molecular complexity index is 467. The number of likely N-dealkylation sites (tertiary alicyclic amines) is 1. The van der Waals surface area contributed by atoms with Crippen LogP contribution in [-0.4, -0.2) is 34.1 Å². The quantitative estimate of drug-likeness (QED) is 0.857. The van der Waals surface area contributed by atoms with Crippen LogP contribution in [0.5, 0.6) is 0 Å². The molecule has 0 radical (unpaired) electrons. The molecule has 1 aromatic carbocycles. The summed E-state index contributed by atoms with van der Waals surface area (Å²) < 4.78 is 0. The van der Waals surface area contributed by atoms with Crippen molar-refractivity contribution in [3.05, 3.63) is 48.6 Å². The van der Waals surface area contributed by atoms with E-state index in [1.165, 1.54) is 0 Å². The van der Waals surface area contributed by atoms with Gasteiger partial charge in [-0.1, -0.05) is 24.3 Å². The largest absolute Gasteiger partial charge is 0.388 e. The lowest BCUT2D eigenvalue weighted by molar-refractivity contribution is -0.0379. The fourth-order valence-electron chi connectivity index (χ4n) is 3.00. The van der Waals surface area contributed by atoms with E-state index >= 15 is 0 Å². The first kappa shape index (κ1) is 14.8. The van der Waals surface area contributed by atoms with E-state index in [9.17, 15) is 9.90 Å². The summed E-state index contributed by atoms with van der Waals surface area (Å²) in [7, 11) is 0. The van der Waals surface area contributed by atoms with Crippen molar-refractivity contribution in [1.82, 2.24) is 4.90 Å². The zero-order chi connectivity index (χ0) is 14.6. The highest BCUT2D eigenvalue weighted by atomic mass is 16.3. The van der Waals surface area contributed by atoms with Gasteiger partial charge < -0.3 is 10.0 Å². The van der Waals surface area contributed by atoms with Gasteiger partial charge >= 0.3 is 0 Å². The Kier molecular flexibility index (Phi) is 4.61. The number of nitrogens with zero attached hydrogens (tertiary/aromatic N) is 1. The lowest BCUT2D eigenvalue weighted by Crippen LogP contribution is -2.55. The van der Waals surface area contributed by atoms with Gasteiger partial charge in [0.1, 0.15) is 0 Å². The van der Waals surface area contributed by atoms with Gasteiger partial charge in [0.25, 0.3) is 5.91 Å². The van der Waals surface area contributed by atoms with Crippen LogP contribution in [0, 0.1) is 0 Å². The van der Waals surface area contributed by atoms with Crippen LogP contribution in [0.2, 0.25) is 0 Å². The fraction of sp³-hybridized carbons (Fsp3) is 0.471. The second kappa shape index (κ2) is 6.23. The van der Waals surface area contributed by atoms with Gasteiger partial charge in [-0.25, -0.2) is 0 Å². The highest BCUT2D eigenvalue weighted by Gasteiger charge is 2.39. The summed E-state index contributed by atoms with van der Waals surface area (Å²) in [6.07, 6.45) is 5.12. The first-order valence-corrected chi connectivity index (χ1v) is 7.25. The van der Waals surface area contributed by atoms with Crippen molar-refractivity contribution < 1.29 is 9.90 Å². The number of rotatable bonds is 4. The number of carbonyl (C=O) groups is 1. The van der Waals surface area contributed by atoms with Crippen LogP contribution in [0.25, 0.3) is 0 Å². The van der Waals surface area contributed by atoms with Gasteiger partial charge in [0.2, 0.25) is 0 Å².